The number of rotatable bonds is 9. The predicted octanol–water partition coefficient (Wildman–Crippen LogP) is 4.11. The molecular formula is C14H22ClNO2. The molecule has 4 heteroatoms. The van der Waals surface area contributed by atoms with Gasteiger partial charge in [0.2, 0.25) is 0 Å². The molecule has 0 aromatic carbocycles. The number of alkyl halides is 1. The zero-order valence-corrected chi connectivity index (χ0v) is 11.8. The summed E-state index contributed by atoms with van der Waals surface area (Å²) in [5.41, 5.74) is 0. The SMILES string of the molecule is CCCCCCCCNC(=O)c1ccc(CCl)o1. The maximum Gasteiger partial charge on any atom is 0.286 e. The van der Waals surface area contributed by atoms with Crippen molar-refractivity contribution in [2.45, 2.75) is 51.3 Å². The van der Waals surface area contributed by atoms with Crippen LogP contribution in [0, 0.1) is 0 Å². The number of amides is 1. The zero-order chi connectivity index (χ0) is 13.2. The van der Waals surface area contributed by atoms with Gasteiger partial charge in [-0.15, -0.1) is 11.6 Å². The Hall–Kier alpha value is -0.960. The van der Waals surface area contributed by atoms with E-state index in [1.807, 2.05) is 0 Å². The van der Waals surface area contributed by atoms with Gasteiger partial charge in [0.15, 0.2) is 5.76 Å². The topological polar surface area (TPSA) is 42.2 Å². The molecule has 0 saturated carbocycles. The first kappa shape index (κ1) is 15.1. The lowest BCUT2D eigenvalue weighted by molar-refractivity contribution is 0.0924. The van der Waals surface area contributed by atoms with E-state index in [0.717, 1.165) is 6.42 Å². The van der Waals surface area contributed by atoms with Gasteiger partial charge in [0, 0.05) is 6.54 Å². The Bertz CT molecular complexity index is 349. The molecule has 0 bridgehead atoms. The minimum Gasteiger partial charge on any atom is -0.455 e. The molecule has 1 rings (SSSR count). The fraction of sp³-hybridized carbons (Fsp3) is 0.643. The van der Waals surface area contributed by atoms with E-state index in [1.54, 1.807) is 12.1 Å². The highest BCUT2D eigenvalue weighted by molar-refractivity contribution is 6.16. The van der Waals surface area contributed by atoms with Crippen LogP contribution in [0.4, 0.5) is 0 Å². The predicted molar refractivity (Wildman–Crippen MR) is 74.0 cm³/mol. The Balaban J connectivity index is 2.10. The van der Waals surface area contributed by atoms with Gasteiger partial charge in [-0.1, -0.05) is 39.0 Å². The largest absolute Gasteiger partial charge is 0.455 e. The van der Waals surface area contributed by atoms with E-state index in [4.69, 9.17) is 16.0 Å². The van der Waals surface area contributed by atoms with Gasteiger partial charge in [-0.05, 0) is 18.6 Å². The first-order chi connectivity index (χ1) is 8.77. The molecular weight excluding hydrogens is 250 g/mol. The smallest absolute Gasteiger partial charge is 0.286 e. The number of nitrogens with one attached hydrogen (secondary N) is 1. The number of unbranched alkanes of at least 4 members (excludes halogenated alkanes) is 5. The summed E-state index contributed by atoms with van der Waals surface area (Å²) in [7, 11) is 0. The quantitative estimate of drug-likeness (QED) is 0.542. The summed E-state index contributed by atoms with van der Waals surface area (Å²) < 4.78 is 5.26. The molecule has 1 heterocycles. The molecule has 0 atom stereocenters. The third kappa shape index (κ3) is 5.58. The second-order valence-corrected chi connectivity index (χ2v) is 4.69. The third-order valence-corrected chi connectivity index (χ3v) is 3.10. The highest BCUT2D eigenvalue weighted by atomic mass is 35.5. The minimum atomic E-state index is -0.153. The third-order valence-electron chi connectivity index (χ3n) is 2.83. The number of halogens is 1. The number of hydrogen-bond acceptors (Lipinski definition) is 2. The average molecular weight is 272 g/mol. The number of carbonyl (C=O) groups is 1. The number of carbonyl (C=O) groups excluding carboxylic acids is 1. The van der Waals surface area contributed by atoms with Gasteiger partial charge in [-0.2, -0.15) is 0 Å². The minimum absolute atomic E-state index is 0.153. The molecule has 3 nitrogen and oxygen atoms in total. The van der Waals surface area contributed by atoms with Crippen LogP contribution in [0.2, 0.25) is 0 Å². The van der Waals surface area contributed by atoms with Crippen molar-refractivity contribution in [3.8, 4) is 0 Å². The highest BCUT2D eigenvalue weighted by Gasteiger charge is 2.09. The van der Waals surface area contributed by atoms with E-state index in [-0.39, 0.29) is 5.91 Å². The molecule has 1 N–H and O–H groups in total. The Kier molecular flexibility index (Phi) is 7.58. The van der Waals surface area contributed by atoms with E-state index in [9.17, 15) is 4.79 Å². The van der Waals surface area contributed by atoms with E-state index in [1.165, 1.54) is 32.1 Å². The van der Waals surface area contributed by atoms with Crippen molar-refractivity contribution >= 4 is 17.5 Å². The summed E-state index contributed by atoms with van der Waals surface area (Å²) in [5, 5.41) is 2.85. The molecule has 1 aromatic heterocycles. The lowest BCUT2D eigenvalue weighted by Crippen LogP contribution is -2.23. The normalized spacial score (nSPS) is 10.6. The Labute approximate surface area is 114 Å². The van der Waals surface area contributed by atoms with Crippen molar-refractivity contribution in [3.63, 3.8) is 0 Å². The lowest BCUT2D eigenvalue weighted by atomic mass is 10.1. The van der Waals surface area contributed by atoms with E-state index in [2.05, 4.69) is 12.2 Å². The lowest BCUT2D eigenvalue weighted by Gasteiger charge is -2.03. The standard InChI is InChI=1S/C14H22ClNO2/c1-2-3-4-5-6-7-10-16-14(17)13-9-8-12(11-15)18-13/h8-9H,2-7,10-11H2,1H3,(H,16,17). The van der Waals surface area contributed by atoms with Gasteiger partial charge < -0.3 is 9.73 Å². The Morgan fingerprint density at radius 3 is 2.61 bits per heavy atom. The van der Waals surface area contributed by atoms with Gasteiger partial charge in [0.25, 0.3) is 5.91 Å². The van der Waals surface area contributed by atoms with Gasteiger partial charge in [0.05, 0.1) is 5.88 Å². The molecule has 0 aliphatic carbocycles. The van der Waals surface area contributed by atoms with Crippen LogP contribution in [0.15, 0.2) is 16.5 Å². The molecule has 0 aliphatic rings. The monoisotopic (exact) mass is 271 g/mol. The van der Waals surface area contributed by atoms with Crippen LogP contribution in [-0.2, 0) is 5.88 Å². The molecule has 18 heavy (non-hydrogen) atoms. The van der Waals surface area contributed by atoms with Crippen molar-refractivity contribution in [2.75, 3.05) is 6.54 Å². The average Bonchev–Trinajstić information content (AvgIpc) is 2.86. The molecule has 0 radical (unpaired) electrons. The summed E-state index contributed by atoms with van der Waals surface area (Å²) >= 11 is 5.61. The van der Waals surface area contributed by atoms with Crippen LogP contribution in [0.3, 0.4) is 0 Å². The first-order valence-corrected chi connectivity index (χ1v) is 7.24. The highest BCUT2D eigenvalue weighted by Crippen LogP contribution is 2.10. The molecule has 0 fully saturated rings. The van der Waals surface area contributed by atoms with Crippen LogP contribution >= 0.6 is 11.6 Å². The Morgan fingerprint density at radius 1 is 1.22 bits per heavy atom. The van der Waals surface area contributed by atoms with Crippen LogP contribution in [-0.4, -0.2) is 12.5 Å². The number of hydrogen-bond donors (Lipinski definition) is 1. The van der Waals surface area contributed by atoms with Gasteiger partial charge >= 0.3 is 0 Å². The van der Waals surface area contributed by atoms with Gasteiger partial charge in [-0.25, -0.2) is 0 Å². The molecule has 0 saturated heterocycles. The van der Waals surface area contributed by atoms with Crippen LogP contribution in [0.5, 0.6) is 0 Å². The maximum absolute atomic E-state index is 11.7. The molecule has 0 spiro atoms. The number of furan rings is 1. The van der Waals surface area contributed by atoms with Crippen molar-refractivity contribution in [1.82, 2.24) is 5.32 Å². The summed E-state index contributed by atoms with van der Waals surface area (Å²) in [6.45, 7) is 2.92. The second-order valence-electron chi connectivity index (χ2n) is 4.42. The van der Waals surface area contributed by atoms with Crippen LogP contribution in [0.1, 0.15) is 61.8 Å². The summed E-state index contributed by atoms with van der Waals surface area (Å²) in [4.78, 5) is 11.7. The van der Waals surface area contributed by atoms with Crippen molar-refractivity contribution < 1.29 is 9.21 Å². The first-order valence-electron chi connectivity index (χ1n) is 6.70. The van der Waals surface area contributed by atoms with E-state index < -0.39 is 0 Å². The second kappa shape index (κ2) is 9.03. The summed E-state index contributed by atoms with van der Waals surface area (Å²) in [6.07, 6.45) is 7.31. The molecule has 0 unspecified atom stereocenters. The van der Waals surface area contributed by atoms with Gasteiger partial charge in [0.1, 0.15) is 5.76 Å². The fourth-order valence-corrected chi connectivity index (χ4v) is 1.91. The van der Waals surface area contributed by atoms with Crippen LogP contribution in [0.25, 0.3) is 0 Å². The van der Waals surface area contributed by atoms with Crippen molar-refractivity contribution in [1.29, 1.82) is 0 Å². The van der Waals surface area contributed by atoms with E-state index >= 15 is 0 Å². The van der Waals surface area contributed by atoms with Gasteiger partial charge in [-0.3, -0.25) is 4.79 Å². The maximum atomic E-state index is 11.7. The zero-order valence-electron chi connectivity index (χ0n) is 11.0. The molecule has 1 aromatic rings. The fourth-order valence-electron chi connectivity index (χ4n) is 1.77. The van der Waals surface area contributed by atoms with Crippen LogP contribution < -0.4 is 5.32 Å². The van der Waals surface area contributed by atoms with Crippen molar-refractivity contribution in [2.24, 2.45) is 0 Å². The molecule has 0 aliphatic heterocycles. The summed E-state index contributed by atoms with van der Waals surface area (Å²) in [5.74, 6) is 1.11. The Morgan fingerprint density at radius 2 is 1.94 bits per heavy atom. The van der Waals surface area contributed by atoms with E-state index in [0.29, 0.717) is 23.9 Å². The molecule has 102 valence electrons. The van der Waals surface area contributed by atoms with Crippen molar-refractivity contribution in [3.05, 3.63) is 23.7 Å². The summed E-state index contributed by atoms with van der Waals surface area (Å²) in [6, 6.07) is 3.39. The molecule has 1 amide bonds.